The van der Waals surface area contributed by atoms with E-state index in [1.54, 1.807) is 6.92 Å². The number of anilines is 1. The van der Waals surface area contributed by atoms with Gasteiger partial charge in [-0.15, -0.1) is 11.3 Å². The van der Waals surface area contributed by atoms with Crippen LogP contribution < -0.4 is 5.73 Å². The van der Waals surface area contributed by atoms with E-state index in [9.17, 15) is 4.79 Å². The first-order valence-corrected chi connectivity index (χ1v) is 6.69. The molecule has 0 aliphatic rings. The lowest BCUT2D eigenvalue weighted by molar-refractivity contribution is -0.129. The van der Waals surface area contributed by atoms with Crippen molar-refractivity contribution in [3.8, 4) is 0 Å². The largest absolute Gasteiger partial charge is 0.476 e. The topological polar surface area (TPSA) is 97.8 Å². The number of aromatic nitrogens is 1. The number of carboxylic acids is 1. The second kappa shape index (κ2) is 6.16. The quantitative estimate of drug-likeness (QED) is 0.650. The number of nitrogens with two attached hydrogens (primary N) is 1. The summed E-state index contributed by atoms with van der Waals surface area (Å²) in [5.41, 5.74) is 6.32. The summed E-state index contributed by atoms with van der Waals surface area (Å²) in [6.07, 6.45) is -0.360. The van der Waals surface area contributed by atoms with Crippen LogP contribution in [0, 0.1) is 0 Å². The van der Waals surface area contributed by atoms with Gasteiger partial charge in [0.15, 0.2) is 5.13 Å². The number of carbonyl (C=O) groups is 1. The van der Waals surface area contributed by atoms with Gasteiger partial charge < -0.3 is 15.7 Å². The van der Waals surface area contributed by atoms with Crippen LogP contribution in [0.1, 0.15) is 24.3 Å². The maximum atomic E-state index is 11.2. The smallest absolute Gasteiger partial charge is 0.360 e. The monoisotopic (exact) mass is 291 g/mol. The highest BCUT2D eigenvalue weighted by Crippen LogP contribution is 2.18. The fourth-order valence-electron chi connectivity index (χ4n) is 1.51. The summed E-state index contributed by atoms with van der Waals surface area (Å²) in [5.74, 6) is -1.21. The molecule has 1 heterocycles. The van der Waals surface area contributed by atoms with Crippen LogP contribution in [0.2, 0.25) is 0 Å². The highest BCUT2D eigenvalue weighted by Gasteiger charge is 2.18. The molecule has 0 spiro atoms. The van der Waals surface area contributed by atoms with E-state index in [0.717, 1.165) is 16.9 Å². The van der Waals surface area contributed by atoms with E-state index in [0.29, 0.717) is 0 Å². The van der Waals surface area contributed by atoms with Gasteiger partial charge >= 0.3 is 5.97 Å². The predicted molar refractivity (Wildman–Crippen MR) is 76.6 cm³/mol. The second-order valence-electron chi connectivity index (χ2n) is 3.97. The van der Waals surface area contributed by atoms with Crippen LogP contribution in [-0.2, 0) is 9.63 Å². The molecule has 0 saturated heterocycles. The van der Waals surface area contributed by atoms with E-state index in [1.165, 1.54) is 5.38 Å². The maximum Gasteiger partial charge on any atom is 0.360 e. The molecule has 7 heteroatoms. The Morgan fingerprint density at radius 3 is 2.70 bits per heavy atom. The number of nitrogens with zero attached hydrogens (tertiary/aromatic N) is 2. The zero-order valence-corrected chi connectivity index (χ0v) is 11.5. The van der Waals surface area contributed by atoms with Gasteiger partial charge in [-0.2, -0.15) is 0 Å². The van der Waals surface area contributed by atoms with Gasteiger partial charge in [0.2, 0.25) is 5.71 Å². The molecular weight excluding hydrogens is 278 g/mol. The molecule has 1 aromatic carbocycles. The van der Waals surface area contributed by atoms with E-state index < -0.39 is 5.97 Å². The lowest BCUT2D eigenvalue weighted by Crippen LogP contribution is -2.16. The van der Waals surface area contributed by atoms with Crippen molar-refractivity contribution < 1.29 is 14.7 Å². The minimum absolute atomic E-state index is 0.195. The number of benzene rings is 1. The average molecular weight is 291 g/mol. The number of nitrogen functional groups attached to an aromatic ring is 1. The molecular formula is C13H13N3O3S. The molecule has 0 bridgehead atoms. The van der Waals surface area contributed by atoms with Crippen molar-refractivity contribution in [2.24, 2.45) is 5.16 Å². The Bertz CT molecular complexity index is 625. The molecule has 1 atom stereocenters. The van der Waals surface area contributed by atoms with Crippen molar-refractivity contribution in [2.45, 2.75) is 13.0 Å². The number of aliphatic carboxylic acids is 1. The minimum atomic E-state index is -1.21. The SMILES string of the molecule is C[C@@H](O/N=C(\C(=O)O)c1csc(N)n1)c1ccccc1. The molecule has 0 aliphatic carbocycles. The van der Waals surface area contributed by atoms with Crippen molar-refractivity contribution in [2.75, 3.05) is 5.73 Å². The molecule has 0 fully saturated rings. The van der Waals surface area contributed by atoms with Crippen molar-refractivity contribution in [3.05, 3.63) is 47.0 Å². The Balaban J connectivity index is 2.17. The van der Waals surface area contributed by atoms with Crippen LogP contribution in [0.5, 0.6) is 0 Å². The summed E-state index contributed by atoms with van der Waals surface area (Å²) in [5, 5.41) is 14.6. The summed E-state index contributed by atoms with van der Waals surface area (Å²) in [4.78, 5) is 20.3. The lowest BCUT2D eigenvalue weighted by atomic mass is 10.1. The Kier molecular flexibility index (Phi) is 4.31. The molecule has 2 rings (SSSR count). The number of oxime groups is 1. The van der Waals surface area contributed by atoms with E-state index >= 15 is 0 Å². The lowest BCUT2D eigenvalue weighted by Gasteiger charge is -2.10. The molecule has 0 aliphatic heterocycles. The van der Waals surface area contributed by atoms with Gasteiger partial charge in [0.1, 0.15) is 11.8 Å². The molecule has 0 radical (unpaired) electrons. The van der Waals surface area contributed by atoms with E-state index in [-0.39, 0.29) is 22.6 Å². The van der Waals surface area contributed by atoms with Crippen molar-refractivity contribution in [1.82, 2.24) is 4.98 Å². The van der Waals surface area contributed by atoms with Gasteiger partial charge in [0.05, 0.1) is 0 Å². The number of carboxylic acid groups (broad SMARTS) is 1. The molecule has 2 aromatic rings. The Labute approximate surface area is 119 Å². The molecule has 6 nitrogen and oxygen atoms in total. The Morgan fingerprint density at radius 2 is 2.15 bits per heavy atom. The second-order valence-corrected chi connectivity index (χ2v) is 4.86. The van der Waals surface area contributed by atoms with Crippen molar-refractivity contribution in [3.63, 3.8) is 0 Å². The summed E-state index contributed by atoms with van der Waals surface area (Å²) in [7, 11) is 0. The number of hydrogen-bond acceptors (Lipinski definition) is 6. The first-order chi connectivity index (χ1) is 9.58. The fourth-order valence-corrected chi connectivity index (χ4v) is 2.06. The zero-order valence-electron chi connectivity index (χ0n) is 10.7. The van der Waals surface area contributed by atoms with Crippen LogP contribution in [0.3, 0.4) is 0 Å². The molecule has 0 amide bonds. The summed E-state index contributed by atoms with van der Waals surface area (Å²) < 4.78 is 0. The molecule has 20 heavy (non-hydrogen) atoms. The maximum absolute atomic E-state index is 11.2. The van der Waals surface area contributed by atoms with E-state index in [1.807, 2.05) is 30.3 Å². The van der Waals surface area contributed by atoms with Gasteiger partial charge in [-0.1, -0.05) is 35.5 Å². The molecule has 1 aromatic heterocycles. The zero-order chi connectivity index (χ0) is 14.5. The average Bonchev–Trinajstić information content (AvgIpc) is 2.86. The van der Waals surface area contributed by atoms with Gasteiger partial charge in [-0.05, 0) is 12.5 Å². The molecule has 104 valence electrons. The Morgan fingerprint density at radius 1 is 1.45 bits per heavy atom. The van der Waals surface area contributed by atoms with Crippen LogP contribution >= 0.6 is 11.3 Å². The number of thiazole rings is 1. The summed E-state index contributed by atoms with van der Waals surface area (Å²) in [6, 6.07) is 9.39. The van der Waals surface area contributed by atoms with Crippen molar-refractivity contribution in [1.29, 1.82) is 0 Å². The number of rotatable bonds is 5. The minimum Gasteiger partial charge on any atom is -0.476 e. The van der Waals surface area contributed by atoms with Gasteiger partial charge in [0, 0.05) is 5.38 Å². The first-order valence-electron chi connectivity index (χ1n) is 5.81. The number of hydrogen-bond donors (Lipinski definition) is 2. The standard InChI is InChI=1S/C13H13N3O3S/c1-8(9-5-3-2-4-6-9)19-16-11(12(17)18)10-7-20-13(14)15-10/h2-8H,1H3,(H2,14,15)(H,17,18)/b16-11-/t8-/m1/s1. The summed E-state index contributed by atoms with van der Waals surface area (Å²) >= 11 is 1.15. The van der Waals surface area contributed by atoms with Crippen LogP contribution in [0.15, 0.2) is 40.9 Å². The van der Waals surface area contributed by atoms with Crippen LogP contribution in [0.4, 0.5) is 5.13 Å². The normalized spacial score (nSPS) is 12.9. The van der Waals surface area contributed by atoms with Crippen LogP contribution in [0.25, 0.3) is 0 Å². The van der Waals surface area contributed by atoms with E-state index in [2.05, 4.69) is 10.1 Å². The van der Waals surface area contributed by atoms with Crippen LogP contribution in [-0.4, -0.2) is 21.8 Å². The fraction of sp³-hybridized carbons (Fsp3) is 0.154. The van der Waals surface area contributed by atoms with Gasteiger partial charge in [0.25, 0.3) is 0 Å². The first kappa shape index (κ1) is 14.0. The predicted octanol–water partition coefficient (Wildman–Crippen LogP) is 2.29. The summed E-state index contributed by atoms with van der Waals surface area (Å²) in [6.45, 7) is 1.79. The Hall–Kier alpha value is -2.41. The van der Waals surface area contributed by atoms with Gasteiger partial charge in [-0.25, -0.2) is 9.78 Å². The third-order valence-electron chi connectivity index (χ3n) is 2.54. The van der Waals surface area contributed by atoms with E-state index in [4.69, 9.17) is 15.7 Å². The van der Waals surface area contributed by atoms with Gasteiger partial charge in [-0.3, -0.25) is 0 Å². The molecule has 0 unspecified atom stereocenters. The third kappa shape index (κ3) is 3.33. The highest BCUT2D eigenvalue weighted by molar-refractivity contribution is 7.13. The molecule has 0 saturated carbocycles. The highest BCUT2D eigenvalue weighted by atomic mass is 32.1. The molecule has 3 N–H and O–H groups in total. The third-order valence-corrected chi connectivity index (χ3v) is 3.21. The van der Waals surface area contributed by atoms with Crippen molar-refractivity contribution >= 4 is 28.1 Å².